The largest absolute Gasteiger partial charge is 0.494 e. The van der Waals surface area contributed by atoms with Crippen LogP contribution in [0.4, 0.5) is 5.69 Å². The predicted molar refractivity (Wildman–Crippen MR) is 129 cm³/mol. The first kappa shape index (κ1) is 22.3. The van der Waals surface area contributed by atoms with E-state index in [9.17, 15) is 9.90 Å². The maximum Gasteiger partial charge on any atom is 0.263 e. The predicted octanol–water partition coefficient (Wildman–Crippen LogP) is 3.34. The molecule has 32 heavy (non-hydrogen) atoms. The van der Waals surface area contributed by atoms with E-state index in [-0.39, 0.29) is 30.8 Å². The van der Waals surface area contributed by atoms with Crippen LogP contribution in [-0.2, 0) is 9.63 Å². The molecule has 3 aromatic rings. The molecule has 166 valence electrons. The summed E-state index contributed by atoms with van der Waals surface area (Å²) in [6.45, 7) is 2.73. The third kappa shape index (κ3) is 4.11. The van der Waals surface area contributed by atoms with E-state index in [1.165, 1.54) is 0 Å². The summed E-state index contributed by atoms with van der Waals surface area (Å²) >= 11 is 3.49. The van der Waals surface area contributed by atoms with Gasteiger partial charge in [-0.2, -0.15) is 0 Å². The number of H-pyrrole nitrogens is 1. The zero-order chi connectivity index (χ0) is 21.4. The molecular formula is C22H21BrClN5O3. The van der Waals surface area contributed by atoms with Crippen LogP contribution in [0.2, 0.25) is 0 Å². The van der Waals surface area contributed by atoms with Gasteiger partial charge < -0.3 is 25.1 Å². The van der Waals surface area contributed by atoms with Crippen LogP contribution in [0.15, 0.2) is 57.1 Å². The van der Waals surface area contributed by atoms with Crippen molar-refractivity contribution < 1.29 is 14.7 Å². The highest BCUT2D eigenvalue weighted by molar-refractivity contribution is 9.10. The molecule has 0 unspecified atom stereocenters. The minimum atomic E-state index is -0.148. The maximum absolute atomic E-state index is 12.4. The smallest absolute Gasteiger partial charge is 0.263 e. The molecular weight excluding hydrogens is 498 g/mol. The van der Waals surface area contributed by atoms with Crippen molar-refractivity contribution in [2.45, 2.75) is 0 Å². The lowest BCUT2D eigenvalue weighted by atomic mass is 10.0. The number of aromatic amines is 1. The Labute approximate surface area is 198 Å². The highest BCUT2D eigenvalue weighted by Crippen LogP contribution is 2.36. The topological polar surface area (TPSA) is 102 Å². The molecule has 2 aromatic carbocycles. The quantitative estimate of drug-likeness (QED) is 0.461. The Balaban J connectivity index is 0.00000245. The molecule has 0 aliphatic carbocycles. The molecule has 3 N–H and O–H groups in total. The van der Waals surface area contributed by atoms with Gasteiger partial charge in [-0.3, -0.25) is 4.79 Å². The molecule has 1 aromatic heterocycles. The summed E-state index contributed by atoms with van der Waals surface area (Å²) in [4.78, 5) is 27.4. The number of oxime groups is 1. The van der Waals surface area contributed by atoms with Crippen LogP contribution in [0, 0.1) is 0 Å². The number of aromatic hydroxyl groups is 1. The number of carbonyl (C=O) groups is 1. The number of aromatic nitrogens is 1. The average Bonchev–Trinajstić information content (AvgIpc) is 3.30. The maximum atomic E-state index is 12.4. The van der Waals surface area contributed by atoms with Gasteiger partial charge in [-0.1, -0.05) is 39.3 Å². The van der Waals surface area contributed by atoms with Crippen molar-refractivity contribution in [1.82, 2.24) is 15.2 Å². The standard InChI is InChI=1S/C22H20BrN5O3.ClH/c23-13-5-6-17-15(11-13)19(22(30)26-17)21-20(14-3-1-2-4-16(14)25-21)27-31-12-18(29)28-9-7-24-8-10-28;/h1-6,11,24,26,30H,7-10,12H2;1H/b27-20+;. The van der Waals surface area contributed by atoms with Crippen molar-refractivity contribution in [3.63, 3.8) is 0 Å². The van der Waals surface area contributed by atoms with Gasteiger partial charge in [0, 0.05) is 47.1 Å². The van der Waals surface area contributed by atoms with Gasteiger partial charge >= 0.3 is 0 Å². The summed E-state index contributed by atoms with van der Waals surface area (Å²) in [5.74, 6) is -0.0984. The van der Waals surface area contributed by atoms with E-state index in [0.717, 1.165) is 39.7 Å². The molecule has 10 heteroatoms. The SMILES string of the molecule is Cl.O=C(CO/N=C1/C(c2c(O)[nH]c3ccc(Br)cc23)=Nc2ccccc21)N1CCNCC1. The summed E-state index contributed by atoms with van der Waals surface area (Å²) in [7, 11) is 0. The fourth-order valence-corrected chi connectivity index (χ4v) is 4.25. The lowest BCUT2D eigenvalue weighted by Gasteiger charge is -2.26. The summed E-state index contributed by atoms with van der Waals surface area (Å²) in [5, 5.41) is 19.0. The zero-order valence-corrected chi connectivity index (χ0v) is 19.4. The van der Waals surface area contributed by atoms with Crippen molar-refractivity contribution in [3.05, 3.63) is 58.1 Å². The first-order chi connectivity index (χ1) is 15.1. The number of hydrogen-bond acceptors (Lipinski definition) is 6. The number of fused-ring (bicyclic) bond motifs is 2. The fraction of sp³-hybridized carbons (Fsp3) is 0.227. The van der Waals surface area contributed by atoms with Crippen molar-refractivity contribution in [2.24, 2.45) is 10.1 Å². The number of halogens is 2. The summed E-state index contributed by atoms with van der Waals surface area (Å²) < 4.78 is 0.882. The van der Waals surface area contributed by atoms with Gasteiger partial charge in [0.25, 0.3) is 5.91 Å². The van der Waals surface area contributed by atoms with E-state index in [0.29, 0.717) is 30.1 Å². The molecule has 1 fully saturated rings. The molecule has 2 aliphatic rings. The van der Waals surface area contributed by atoms with E-state index in [4.69, 9.17) is 9.83 Å². The van der Waals surface area contributed by atoms with Crippen LogP contribution < -0.4 is 5.32 Å². The molecule has 0 bridgehead atoms. The Hall–Kier alpha value is -2.88. The molecule has 0 spiro atoms. The lowest BCUT2D eigenvalue weighted by molar-refractivity contribution is -0.136. The molecule has 1 amide bonds. The second-order valence-electron chi connectivity index (χ2n) is 7.36. The molecule has 0 saturated carbocycles. The van der Waals surface area contributed by atoms with Gasteiger partial charge in [-0.05, 0) is 24.3 Å². The van der Waals surface area contributed by atoms with E-state index in [1.54, 1.807) is 4.90 Å². The molecule has 8 nitrogen and oxygen atoms in total. The van der Waals surface area contributed by atoms with E-state index in [2.05, 4.69) is 31.4 Å². The Bertz CT molecular complexity index is 1230. The molecule has 2 aliphatic heterocycles. The van der Waals surface area contributed by atoms with Crippen molar-refractivity contribution in [2.75, 3.05) is 32.8 Å². The number of rotatable bonds is 4. The Kier molecular flexibility index (Phi) is 6.50. The van der Waals surface area contributed by atoms with Crippen LogP contribution in [-0.4, -0.2) is 65.1 Å². The Morgan fingerprint density at radius 2 is 2.00 bits per heavy atom. The van der Waals surface area contributed by atoms with Crippen molar-refractivity contribution >= 4 is 62.3 Å². The van der Waals surface area contributed by atoms with Crippen LogP contribution in [0.1, 0.15) is 11.1 Å². The number of carbonyl (C=O) groups excluding carboxylic acids is 1. The number of benzene rings is 2. The van der Waals surface area contributed by atoms with E-state index < -0.39 is 0 Å². The van der Waals surface area contributed by atoms with Gasteiger partial charge in [0.05, 0.1) is 11.3 Å². The highest BCUT2D eigenvalue weighted by atomic mass is 79.9. The Morgan fingerprint density at radius 1 is 1.22 bits per heavy atom. The molecule has 0 radical (unpaired) electrons. The second-order valence-corrected chi connectivity index (χ2v) is 8.28. The van der Waals surface area contributed by atoms with E-state index >= 15 is 0 Å². The van der Waals surface area contributed by atoms with Crippen LogP contribution in [0.25, 0.3) is 10.9 Å². The van der Waals surface area contributed by atoms with E-state index in [1.807, 2.05) is 42.5 Å². The summed E-state index contributed by atoms with van der Waals surface area (Å²) in [6.07, 6.45) is 0. The van der Waals surface area contributed by atoms with Crippen LogP contribution in [0.3, 0.4) is 0 Å². The summed E-state index contributed by atoms with van der Waals surface area (Å²) in [5.41, 5.74) is 3.83. The van der Waals surface area contributed by atoms with Crippen molar-refractivity contribution in [1.29, 1.82) is 0 Å². The number of nitrogens with one attached hydrogen (secondary N) is 2. The number of amides is 1. The second kappa shape index (κ2) is 9.32. The van der Waals surface area contributed by atoms with Crippen LogP contribution >= 0.6 is 28.3 Å². The molecule has 3 heterocycles. The van der Waals surface area contributed by atoms with Gasteiger partial charge in [0.2, 0.25) is 0 Å². The van der Waals surface area contributed by atoms with Gasteiger partial charge in [0.15, 0.2) is 12.5 Å². The van der Waals surface area contributed by atoms with Gasteiger partial charge in [0.1, 0.15) is 11.4 Å². The number of nitrogens with zero attached hydrogens (tertiary/aromatic N) is 3. The zero-order valence-electron chi connectivity index (χ0n) is 17.0. The fourth-order valence-electron chi connectivity index (χ4n) is 3.89. The summed E-state index contributed by atoms with van der Waals surface area (Å²) in [6, 6.07) is 13.3. The lowest BCUT2D eigenvalue weighted by Crippen LogP contribution is -2.47. The molecule has 5 rings (SSSR count). The van der Waals surface area contributed by atoms with Crippen LogP contribution in [0.5, 0.6) is 5.88 Å². The number of hydrogen-bond donors (Lipinski definition) is 3. The minimum absolute atomic E-state index is 0. The first-order valence-corrected chi connectivity index (χ1v) is 10.8. The average molecular weight is 519 g/mol. The third-order valence-corrected chi connectivity index (χ3v) is 5.90. The monoisotopic (exact) mass is 517 g/mol. The normalized spacial score (nSPS) is 16.6. The number of piperazine rings is 1. The highest BCUT2D eigenvalue weighted by Gasteiger charge is 2.29. The number of para-hydroxylation sites is 1. The molecule has 0 atom stereocenters. The third-order valence-electron chi connectivity index (χ3n) is 5.41. The van der Waals surface area contributed by atoms with Gasteiger partial charge in [-0.15, -0.1) is 12.4 Å². The van der Waals surface area contributed by atoms with Gasteiger partial charge in [-0.25, -0.2) is 4.99 Å². The van der Waals surface area contributed by atoms with Crippen molar-refractivity contribution in [3.8, 4) is 5.88 Å². The Morgan fingerprint density at radius 3 is 2.81 bits per heavy atom. The number of aliphatic imine (C=N–C) groups is 1. The first-order valence-electron chi connectivity index (χ1n) is 9.99. The minimum Gasteiger partial charge on any atom is -0.494 e. The molecule has 1 saturated heterocycles.